The van der Waals surface area contributed by atoms with E-state index in [1.54, 1.807) is 42.6 Å². The molecule has 0 aliphatic heterocycles. The van der Waals surface area contributed by atoms with Crippen LogP contribution in [0.1, 0.15) is 22.2 Å². The zero-order chi connectivity index (χ0) is 26.2. The molecule has 0 aliphatic rings. The van der Waals surface area contributed by atoms with E-state index < -0.39 is 17.7 Å². The molecule has 0 spiro atoms. The monoisotopic (exact) mass is 543 g/mol. The number of furan rings is 1. The summed E-state index contributed by atoms with van der Waals surface area (Å²) in [5.74, 6) is -0.660. The number of benzene rings is 1. The fourth-order valence-electron chi connectivity index (χ4n) is 3.51. The first-order valence-corrected chi connectivity index (χ1v) is 12.4. The number of fused-ring (bicyclic) bond motifs is 1. The molecule has 0 radical (unpaired) electrons. The third kappa shape index (κ3) is 4.95. The number of aromatic nitrogens is 2. The van der Waals surface area contributed by atoms with Gasteiger partial charge in [-0.25, -0.2) is 14.8 Å². The lowest BCUT2D eigenvalue weighted by atomic mass is 10.1. The topological polar surface area (TPSA) is 116 Å². The van der Waals surface area contributed by atoms with Gasteiger partial charge >= 0.3 is 12.1 Å². The predicted molar refractivity (Wildman–Crippen MR) is 134 cm³/mol. The number of rotatable bonds is 6. The summed E-state index contributed by atoms with van der Waals surface area (Å²) in [5.41, 5.74) is 6.21. The standard InChI is InChI=1S/C24H16F3N5O3S2/c1-2-34-22(33)20-19(32-31-13-7-5-12(6-8-13)16-11-36-23(28)30-16)18-14(24(25,26)27)10-15(29-21(18)37-20)17-4-3-9-35-17/h3-11H,2H2,1H3,(H2,28,30). The van der Waals surface area contributed by atoms with Crippen molar-refractivity contribution in [2.45, 2.75) is 13.1 Å². The maximum Gasteiger partial charge on any atom is 0.417 e. The molecule has 0 saturated heterocycles. The van der Waals surface area contributed by atoms with Crippen LogP contribution in [0.5, 0.6) is 0 Å². The largest absolute Gasteiger partial charge is 0.463 e. The Morgan fingerprint density at radius 3 is 2.54 bits per heavy atom. The summed E-state index contributed by atoms with van der Waals surface area (Å²) < 4.78 is 52.9. The molecule has 4 heterocycles. The number of hydrogen-bond acceptors (Lipinski definition) is 10. The van der Waals surface area contributed by atoms with Gasteiger partial charge in [-0.3, -0.25) is 0 Å². The molecule has 188 valence electrons. The van der Waals surface area contributed by atoms with E-state index in [0.29, 0.717) is 16.5 Å². The van der Waals surface area contributed by atoms with Crippen LogP contribution in [-0.4, -0.2) is 22.5 Å². The highest BCUT2D eigenvalue weighted by atomic mass is 32.1. The van der Waals surface area contributed by atoms with Crippen molar-refractivity contribution in [1.82, 2.24) is 9.97 Å². The molecule has 13 heteroatoms. The number of hydrogen-bond donors (Lipinski definition) is 1. The molecule has 2 N–H and O–H groups in total. The molecule has 0 aliphatic carbocycles. The van der Waals surface area contributed by atoms with Gasteiger partial charge < -0.3 is 14.9 Å². The maximum atomic E-state index is 14.2. The number of anilines is 1. The van der Waals surface area contributed by atoms with E-state index in [1.165, 1.54) is 23.7 Å². The summed E-state index contributed by atoms with van der Waals surface area (Å²) >= 11 is 2.05. The summed E-state index contributed by atoms with van der Waals surface area (Å²) in [4.78, 5) is 21.0. The number of nitrogens with zero attached hydrogens (tertiary/aromatic N) is 4. The second-order valence-corrected chi connectivity index (χ2v) is 9.42. The molecule has 4 aromatic heterocycles. The molecule has 1 aromatic carbocycles. The van der Waals surface area contributed by atoms with Gasteiger partial charge in [-0.1, -0.05) is 12.1 Å². The zero-order valence-corrected chi connectivity index (χ0v) is 20.6. The number of esters is 1. The van der Waals surface area contributed by atoms with E-state index in [9.17, 15) is 18.0 Å². The highest BCUT2D eigenvalue weighted by Crippen LogP contribution is 2.46. The van der Waals surface area contributed by atoms with Crippen molar-refractivity contribution in [3.8, 4) is 22.7 Å². The Bertz CT molecular complexity index is 1610. The van der Waals surface area contributed by atoms with Gasteiger partial charge in [-0.15, -0.1) is 27.8 Å². The van der Waals surface area contributed by atoms with Crippen molar-refractivity contribution in [3.63, 3.8) is 0 Å². The van der Waals surface area contributed by atoms with Crippen LogP contribution in [0.2, 0.25) is 0 Å². The smallest absolute Gasteiger partial charge is 0.417 e. The molecule has 0 atom stereocenters. The van der Waals surface area contributed by atoms with Crippen molar-refractivity contribution in [1.29, 1.82) is 0 Å². The third-order valence-electron chi connectivity index (χ3n) is 5.13. The second kappa shape index (κ2) is 9.75. The van der Waals surface area contributed by atoms with Gasteiger partial charge in [0, 0.05) is 10.9 Å². The molecule has 0 amide bonds. The molecule has 0 fully saturated rings. The molecule has 37 heavy (non-hydrogen) atoms. The number of halogens is 3. The van der Waals surface area contributed by atoms with Crippen LogP contribution in [-0.2, 0) is 10.9 Å². The normalized spacial score (nSPS) is 12.0. The number of carbonyl (C=O) groups excluding carboxylic acids is 1. The third-order valence-corrected chi connectivity index (χ3v) is 6.85. The van der Waals surface area contributed by atoms with Crippen molar-refractivity contribution in [3.05, 3.63) is 64.5 Å². The fourth-order valence-corrected chi connectivity index (χ4v) is 5.11. The van der Waals surface area contributed by atoms with Crippen molar-refractivity contribution in [2.24, 2.45) is 10.2 Å². The summed E-state index contributed by atoms with van der Waals surface area (Å²) in [5, 5.41) is 10.1. The Kier molecular flexibility index (Phi) is 6.48. The average Bonchev–Trinajstić information content (AvgIpc) is 3.62. The number of pyridine rings is 1. The Labute approximate surface area is 215 Å². The van der Waals surface area contributed by atoms with Crippen LogP contribution in [0.25, 0.3) is 32.9 Å². The van der Waals surface area contributed by atoms with Crippen LogP contribution in [0.15, 0.2) is 68.8 Å². The van der Waals surface area contributed by atoms with Gasteiger partial charge in [0.25, 0.3) is 0 Å². The minimum atomic E-state index is -4.77. The summed E-state index contributed by atoms with van der Waals surface area (Å²) in [6.45, 7) is 1.63. The molecule has 0 saturated carbocycles. The first-order valence-electron chi connectivity index (χ1n) is 10.7. The molecule has 5 aromatic rings. The van der Waals surface area contributed by atoms with Crippen molar-refractivity contribution >= 4 is 55.4 Å². The summed E-state index contributed by atoms with van der Waals surface area (Å²) in [7, 11) is 0. The number of alkyl halides is 3. The Balaban J connectivity index is 1.63. The van der Waals surface area contributed by atoms with Gasteiger partial charge in [0.15, 0.2) is 10.9 Å². The Morgan fingerprint density at radius 2 is 1.92 bits per heavy atom. The number of thiophene rings is 1. The first kappa shape index (κ1) is 24.6. The molecular formula is C24H16F3N5O3S2. The minimum Gasteiger partial charge on any atom is -0.463 e. The maximum absolute atomic E-state index is 14.2. The highest BCUT2D eigenvalue weighted by molar-refractivity contribution is 7.21. The van der Waals surface area contributed by atoms with Gasteiger partial charge in [0.2, 0.25) is 0 Å². The summed E-state index contributed by atoms with van der Waals surface area (Å²) in [6, 6.07) is 10.6. The number of azo groups is 1. The van der Waals surface area contributed by atoms with E-state index in [1.807, 2.05) is 0 Å². The quantitative estimate of drug-likeness (QED) is 0.172. The summed E-state index contributed by atoms with van der Waals surface area (Å²) in [6.07, 6.45) is -3.43. The van der Waals surface area contributed by atoms with Crippen LogP contribution >= 0.6 is 22.7 Å². The van der Waals surface area contributed by atoms with E-state index >= 15 is 0 Å². The highest BCUT2D eigenvalue weighted by Gasteiger charge is 2.37. The molecular weight excluding hydrogens is 527 g/mol. The van der Waals surface area contributed by atoms with E-state index in [2.05, 4.69) is 20.2 Å². The first-order chi connectivity index (χ1) is 17.7. The van der Waals surface area contributed by atoms with E-state index in [4.69, 9.17) is 14.9 Å². The van der Waals surface area contributed by atoms with Crippen molar-refractivity contribution < 1.29 is 27.1 Å². The predicted octanol–water partition coefficient (Wildman–Crippen LogP) is 7.87. The van der Waals surface area contributed by atoms with Gasteiger partial charge in [0.1, 0.15) is 21.1 Å². The molecule has 0 unspecified atom stereocenters. The molecule has 0 bridgehead atoms. The van der Waals surface area contributed by atoms with E-state index in [0.717, 1.165) is 23.0 Å². The SMILES string of the molecule is CCOC(=O)c1sc2nc(-c3ccco3)cc(C(F)(F)F)c2c1N=Nc1ccc(-c2csc(N)n2)cc1. The lowest BCUT2D eigenvalue weighted by molar-refractivity contribution is -0.136. The number of ether oxygens (including phenoxy) is 1. The number of nitrogens with two attached hydrogens (primary N) is 1. The number of thiazole rings is 1. The lowest BCUT2D eigenvalue weighted by Gasteiger charge is -2.10. The van der Waals surface area contributed by atoms with Crippen LogP contribution in [0.3, 0.4) is 0 Å². The lowest BCUT2D eigenvalue weighted by Crippen LogP contribution is -2.07. The zero-order valence-electron chi connectivity index (χ0n) is 18.9. The fraction of sp³-hybridized carbons (Fsp3) is 0.125. The molecule has 5 rings (SSSR count). The van der Waals surface area contributed by atoms with Crippen LogP contribution in [0, 0.1) is 0 Å². The number of carbonyl (C=O) groups is 1. The van der Waals surface area contributed by atoms with Crippen LogP contribution in [0.4, 0.5) is 29.7 Å². The Hall–Kier alpha value is -4.10. The average molecular weight is 544 g/mol. The minimum absolute atomic E-state index is 0.0248. The van der Waals surface area contributed by atoms with Crippen LogP contribution < -0.4 is 5.73 Å². The van der Waals surface area contributed by atoms with Gasteiger partial charge in [-0.05, 0) is 37.3 Å². The van der Waals surface area contributed by atoms with Gasteiger partial charge in [0.05, 0.1) is 35.2 Å². The van der Waals surface area contributed by atoms with Gasteiger partial charge in [-0.2, -0.15) is 18.3 Å². The Morgan fingerprint density at radius 1 is 1.14 bits per heavy atom. The number of nitrogen functional groups attached to an aromatic ring is 1. The molecule has 8 nitrogen and oxygen atoms in total. The van der Waals surface area contributed by atoms with Crippen molar-refractivity contribution in [2.75, 3.05) is 12.3 Å². The second-order valence-electron chi connectivity index (χ2n) is 7.53. The van der Waals surface area contributed by atoms with E-state index in [-0.39, 0.29) is 38.8 Å².